The molecule has 0 aromatic heterocycles. The predicted molar refractivity (Wildman–Crippen MR) is 108 cm³/mol. The van der Waals surface area contributed by atoms with Crippen LogP contribution in [0.1, 0.15) is 15.9 Å². The molecule has 0 aliphatic rings. The van der Waals surface area contributed by atoms with Gasteiger partial charge < -0.3 is 5.32 Å². The Labute approximate surface area is 167 Å². The zero-order valence-corrected chi connectivity index (χ0v) is 16.3. The summed E-state index contributed by atoms with van der Waals surface area (Å²) in [5.41, 5.74) is 1.42. The van der Waals surface area contributed by atoms with E-state index in [1.54, 1.807) is 24.3 Å². The molecule has 28 heavy (non-hydrogen) atoms. The summed E-state index contributed by atoms with van der Waals surface area (Å²) in [6, 6.07) is 16.2. The van der Waals surface area contributed by atoms with E-state index < -0.39 is 21.7 Å². The maximum Gasteiger partial charge on any atom is 0.261 e. The van der Waals surface area contributed by atoms with E-state index in [2.05, 4.69) is 10.0 Å². The molecule has 0 aliphatic heterocycles. The first kappa shape index (κ1) is 19.9. The lowest BCUT2D eigenvalue weighted by atomic mass is 10.2. The van der Waals surface area contributed by atoms with Gasteiger partial charge in [-0.2, -0.15) is 0 Å². The molecular formula is C20H16ClFN2O3S. The fourth-order valence-electron chi connectivity index (χ4n) is 2.43. The Morgan fingerprint density at radius 3 is 2.39 bits per heavy atom. The molecule has 2 N–H and O–H groups in total. The predicted octanol–water partition coefficient (Wildman–Crippen LogP) is 4.84. The number of hydrogen-bond donors (Lipinski definition) is 2. The molecule has 8 heteroatoms. The van der Waals surface area contributed by atoms with Gasteiger partial charge in [0, 0.05) is 16.3 Å². The monoisotopic (exact) mass is 418 g/mol. The van der Waals surface area contributed by atoms with Crippen molar-refractivity contribution in [2.24, 2.45) is 0 Å². The van der Waals surface area contributed by atoms with Gasteiger partial charge in [0.05, 0.1) is 10.6 Å². The highest BCUT2D eigenvalue weighted by Crippen LogP contribution is 2.21. The number of halogens is 2. The van der Waals surface area contributed by atoms with Gasteiger partial charge in [0.1, 0.15) is 5.82 Å². The second-order valence-corrected chi connectivity index (χ2v) is 8.20. The summed E-state index contributed by atoms with van der Waals surface area (Å²) in [5.74, 6) is -1.33. The van der Waals surface area contributed by atoms with Crippen molar-refractivity contribution in [3.63, 3.8) is 0 Å². The van der Waals surface area contributed by atoms with Crippen LogP contribution >= 0.6 is 11.6 Å². The fraction of sp³-hybridized carbons (Fsp3) is 0.0500. The second kappa shape index (κ2) is 8.00. The highest BCUT2D eigenvalue weighted by Gasteiger charge is 2.17. The third-order valence-corrected chi connectivity index (χ3v) is 5.50. The highest BCUT2D eigenvalue weighted by molar-refractivity contribution is 7.92. The zero-order chi connectivity index (χ0) is 20.3. The molecule has 144 valence electrons. The Bertz CT molecular complexity index is 1130. The number of aryl methyl sites for hydroxylation is 1. The molecule has 0 saturated heterocycles. The Hall–Kier alpha value is -2.90. The molecule has 3 rings (SSSR count). The molecule has 0 radical (unpaired) electrons. The average molecular weight is 419 g/mol. The number of sulfonamides is 1. The number of hydrogen-bond acceptors (Lipinski definition) is 3. The smallest absolute Gasteiger partial charge is 0.261 e. The summed E-state index contributed by atoms with van der Waals surface area (Å²) in [7, 11) is -3.89. The Kier molecular flexibility index (Phi) is 5.67. The van der Waals surface area contributed by atoms with Gasteiger partial charge in [-0.25, -0.2) is 12.8 Å². The molecule has 0 aliphatic carbocycles. The van der Waals surface area contributed by atoms with Crippen molar-refractivity contribution < 1.29 is 17.6 Å². The van der Waals surface area contributed by atoms with E-state index in [0.717, 1.165) is 11.6 Å². The summed E-state index contributed by atoms with van der Waals surface area (Å²) < 4.78 is 41.5. The van der Waals surface area contributed by atoms with Gasteiger partial charge in [0.25, 0.3) is 15.9 Å². The minimum atomic E-state index is -3.89. The number of anilines is 2. The van der Waals surface area contributed by atoms with E-state index in [9.17, 15) is 17.6 Å². The molecular weight excluding hydrogens is 403 g/mol. The minimum Gasteiger partial charge on any atom is -0.319 e. The summed E-state index contributed by atoms with van der Waals surface area (Å²) in [4.78, 5) is 12.3. The lowest BCUT2D eigenvalue weighted by molar-refractivity contribution is 0.102. The number of amides is 1. The lowest BCUT2D eigenvalue weighted by Gasteiger charge is -2.10. The molecule has 0 fully saturated rings. The van der Waals surface area contributed by atoms with Crippen LogP contribution in [0.25, 0.3) is 0 Å². The molecule has 3 aromatic carbocycles. The number of carbonyl (C=O) groups is 1. The van der Waals surface area contributed by atoms with E-state index in [4.69, 9.17) is 11.6 Å². The maximum absolute atomic E-state index is 13.9. The first-order valence-electron chi connectivity index (χ1n) is 8.20. The van der Waals surface area contributed by atoms with Gasteiger partial charge in [0.2, 0.25) is 0 Å². The van der Waals surface area contributed by atoms with Crippen LogP contribution in [-0.4, -0.2) is 14.3 Å². The van der Waals surface area contributed by atoms with Crippen LogP contribution < -0.4 is 10.0 Å². The quantitative estimate of drug-likeness (QED) is 0.622. The third kappa shape index (κ3) is 4.68. The van der Waals surface area contributed by atoms with Gasteiger partial charge in [-0.05, 0) is 55.5 Å². The Balaban J connectivity index is 1.82. The number of carbonyl (C=O) groups excluding carboxylic acids is 1. The first-order chi connectivity index (χ1) is 13.2. The molecule has 0 saturated carbocycles. The fourth-order valence-corrected chi connectivity index (χ4v) is 3.69. The Morgan fingerprint density at radius 1 is 1.00 bits per heavy atom. The van der Waals surface area contributed by atoms with Crippen LogP contribution in [0.4, 0.5) is 15.8 Å². The van der Waals surface area contributed by atoms with E-state index in [1.165, 1.54) is 36.4 Å². The first-order valence-corrected chi connectivity index (χ1v) is 10.1. The molecule has 0 atom stereocenters. The molecule has 5 nitrogen and oxygen atoms in total. The van der Waals surface area contributed by atoms with Crippen LogP contribution in [-0.2, 0) is 10.0 Å². The number of rotatable bonds is 5. The van der Waals surface area contributed by atoms with Crippen molar-refractivity contribution in [3.05, 3.63) is 88.7 Å². The van der Waals surface area contributed by atoms with Crippen molar-refractivity contribution in [1.29, 1.82) is 0 Å². The van der Waals surface area contributed by atoms with Crippen molar-refractivity contribution in [2.75, 3.05) is 10.0 Å². The van der Waals surface area contributed by atoms with Crippen molar-refractivity contribution in [3.8, 4) is 0 Å². The summed E-state index contributed by atoms with van der Waals surface area (Å²) in [6.07, 6.45) is 0. The highest BCUT2D eigenvalue weighted by atomic mass is 35.5. The van der Waals surface area contributed by atoms with Crippen molar-refractivity contribution in [1.82, 2.24) is 0 Å². The molecule has 3 aromatic rings. The third-order valence-electron chi connectivity index (χ3n) is 3.89. The molecule has 0 unspecified atom stereocenters. The van der Waals surface area contributed by atoms with Crippen LogP contribution in [0.3, 0.4) is 0 Å². The minimum absolute atomic E-state index is 0.0551. The molecule has 0 bridgehead atoms. The van der Waals surface area contributed by atoms with E-state index in [-0.39, 0.29) is 21.2 Å². The summed E-state index contributed by atoms with van der Waals surface area (Å²) in [5, 5.41) is 2.60. The van der Waals surface area contributed by atoms with Crippen LogP contribution in [0.5, 0.6) is 0 Å². The van der Waals surface area contributed by atoms with Crippen LogP contribution in [0.2, 0.25) is 5.02 Å². The largest absolute Gasteiger partial charge is 0.319 e. The van der Waals surface area contributed by atoms with E-state index in [1.807, 2.05) is 6.92 Å². The van der Waals surface area contributed by atoms with Crippen molar-refractivity contribution in [2.45, 2.75) is 11.8 Å². The molecule has 0 spiro atoms. The van der Waals surface area contributed by atoms with Gasteiger partial charge >= 0.3 is 0 Å². The van der Waals surface area contributed by atoms with Crippen molar-refractivity contribution >= 4 is 38.9 Å². The van der Waals surface area contributed by atoms with E-state index in [0.29, 0.717) is 5.69 Å². The van der Waals surface area contributed by atoms with Gasteiger partial charge in [-0.3, -0.25) is 9.52 Å². The average Bonchev–Trinajstić information content (AvgIpc) is 2.66. The maximum atomic E-state index is 13.9. The lowest BCUT2D eigenvalue weighted by Crippen LogP contribution is -2.16. The molecule has 1 amide bonds. The zero-order valence-electron chi connectivity index (χ0n) is 14.7. The van der Waals surface area contributed by atoms with Crippen LogP contribution in [0, 0.1) is 12.7 Å². The number of nitrogens with one attached hydrogen (secondary N) is 2. The van der Waals surface area contributed by atoms with Gasteiger partial charge in [-0.15, -0.1) is 0 Å². The SMILES string of the molecule is Cc1ccc(NS(=O)(=O)c2cccc(C(=O)Nc3ccc(Cl)cc3F)c2)cc1. The normalized spacial score (nSPS) is 11.1. The number of benzene rings is 3. The van der Waals surface area contributed by atoms with Crippen LogP contribution in [0.15, 0.2) is 71.6 Å². The standard InChI is InChI=1S/C20H16ClFN2O3S/c1-13-5-8-16(9-6-13)24-28(26,27)17-4-2-3-14(11-17)20(25)23-19-10-7-15(21)12-18(19)22/h2-12,24H,1H3,(H,23,25). The summed E-state index contributed by atoms with van der Waals surface area (Å²) in [6.45, 7) is 1.89. The molecule has 0 heterocycles. The summed E-state index contributed by atoms with van der Waals surface area (Å²) >= 11 is 5.69. The van der Waals surface area contributed by atoms with Gasteiger partial charge in [-0.1, -0.05) is 35.4 Å². The van der Waals surface area contributed by atoms with Gasteiger partial charge in [0.15, 0.2) is 0 Å². The van der Waals surface area contributed by atoms with E-state index >= 15 is 0 Å². The Morgan fingerprint density at radius 2 is 1.71 bits per heavy atom. The second-order valence-electron chi connectivity index (χ2n) is 6.08. The topological polar surface area (TPSA) is 75.3 Å².